The summed E-state index contributed by atoms with van der Waals surface area (Å²) in [6.45, 7) is 3.51. The second-order valence-electron chi connectivity index (χ2n) is 7.94. The highest BCUT2D eigenvalue weighted by atomic mass is 32.1. The maximum absolute atomic E-state index is 5.46. The van der Waals surface area contributed by atoms with Crippen LogP contribution >= 0.6 is 12.2 Å². The lowest BCUT2D eigenvalue weighted by molar-refractivity contribution is 0.687. The zero-order chi connectivity index (χ0) is 22.6. The van der Waals surface area contributed by atoms with Gasteiger partial charge < -0.3 is 10.6 Å². The standard InChI is InChI=1S/C26H24N6S/c1-19-7-2-3-9-21(19)17-31-15-13-24(29-31)27-26(33)28-25-14-16-32(30-25)18-22-11-6-10-20-8-4-5-12-23(20)22/h2-16H,17-18H2,1H3,(H2,27,28,29,30,33). The predicted octanol–water partition coefficient (Wildman–Crippen LogP) is 5.45. The minimum absolute atomic E-state index is 0.451. The molecule has 0 unspecified atom stereocenters. The van der Waals surface area contributed by atoms with Crippen molar-refractivity contribution in [3.05, 3.63) is 108 Å². The molecule has 164 valence electrons. The van der Waals surface area contributed by atoms with Crippen LogP contribution in [0.1, 0.15) is 16.7 Å². The number of benzene rings is 3. The number of rotatable bonds is 6. The van der Waals surface area contributed by atoms with Gasteiger partial charge in [0.15, 0.2) is 16.7 Å². The van der Waals surface area contributed by atoms with Crippen molar-refractivity contribution in [2.24, 2.45) is 0 Å². The molecule has 0 radical (unpaired) electrons. The van der Waals surface area contributed by atoms with Gasteiger partial charge in [-0.05, 0) is 46.6 Å². The Bertz CT molecular complexity index is 1410. The predicted molar refractivity (Wildman–Crippen MR) is 138 cm³/mol. The van der Waals surface area contributed by atoms with Gasteiger partial charge >= 0.3 is 0 Å². The van der Waals surface area contributed by atoms with Gasteiger partial charge in [0.25, 0.3) is 0 Å². The van der Waals surface area contributed by atoms with Crippen LogP contribution in [-0.2, 0) is 13.1 Å². The number of thiocarbonyl (C=S) groups is 1. The van der Waals surface area contributed by atoms with Crippen molar-refractivity contribution in [1.82, 2.24) is 19.6 Å². The molecule has 2 heterocycles. The van der Waals surface area contributed by atoms with Crippen molar-refractivity contribution in [2.45, 2.75) is 20.0 Å². The first-order valence-electron chi connectivity index (χ1n) is 10.8. The molecule has 0 saturated heterocycles. The van der Waals surface area contributed by atoms with Gasteiger partial charge in [0.05, 0.1) is 13.1 Å². The van der Waals surface area contributed by atoms with Gasteiger partial charge in [0.2, 0.25) is 0 Å². The molecule has 0 aliphatic rings. The Kier molecular flexibility index (Phi) is 5.87. The monoisotopic (exact) mass is 452 g/mol. The molecule has 0 fully saturated rings. The average Bonchev–Trinajstić information content (AvgIpc) is 3.44. The third kappa shape index (κ3) is 4.94. The third-order valence-electron chi connectivity index (χ3n) is 5.57. The zero-order valence-corrected chi connectivity index (χ0v) is 19.1. The van der Waals surface area contributed by atoms with Gasteiger partial charge in [0, 0.05) is 24.5 Å². The summed E-state index contributed by atoms with van der Waals surface area (Å²) in [5.74, 6) is 1.38. The van der Waals surface area contributed by atoms with Gasteiger partial charge in [-0.3, -0.25) is 9.36 Å². The van der Waals surface area contributed by atoms with E-state index >= 15 is 0 Å². The lowest BCUT2D eigenvalue weighted by atomic mass is 10.0. The molecule has 0 bridgehead atoms. The number of fused-ring (bicyclic) bond motifs is 1. The van der Waals surface area contributed by atoms with E-state index in [4.69, 9.17) is 12.2 Å². The summed E-state index contributed by atoms with van der Waals surface area (Å²) < 4.78 is 3.80. The normalized spacial score (nSPS) is 10.9. The van der Waals surface area contributed by atoms with Crippen LogP contribution in [0.2, 0.25) is 0 Å². The van der Waals surface area contributed by atoms with E-state index < -0.39 is 0 Å². The fourth-order valence-electron chi connectivity index (χ4n) is 3.86. The van der Waals surface area contributed by atoms with E-state index in [1.807, 2.05) is 46.0 Å². The number of aryl methyl sites for hydroxylation is 1. The quantitative estimate of drug-likeness (QED) is 0.336. The maximum Gasteiger partial charge on any atom is 0.177 e. The average molecular weight is 453 g/mol. The Morgan fingerprint density at radius 3 is 2.03 bits per heavy atom. The smallest absolute Gasteiger partial charge is 0.177 e. The van der Waals surface area contributed by atoms with Crippen LogP contribution in [-0.4, -0.2) is 24.7 Å². The van der Waals surface area contributed by atoms with E-state index in [1.54, 1.807) is 0 Å². The van der Waals surface area contributed by atoms with Gasteiger partial charge in [-0.2, -0.15) is 10.2 Å². The summed E-state index contributed by atoms with van der Waals surface area (Å²) in [4.78, 5) is 0. The first-order valence-corrected chi connectivity index (χ1v) is 11.2. The molecule has 0 aliphatic carbocycles. The van der Waals surface area contributed by atoms with E-state index in [0.29, 0.717) is 29.8 Å². The molecule has 3 aromatic carbocycles. The van der Waals surface area contributed by atoms with E-state index in [0.717, 1.165) is 0 Å². The van der Waals surface area contributed by atoms with Crippen molar-refractivity contribution in [1.29, 1.82) is 0 Å². The number of nitrogens with zero attached hydrogens (tertiary/aromatic N) is 4. The highest BCUT2D eigenvalue weighted by molar-refractivity contribution is 7.80. The minimum Gasteiger partial charge on any atom is -0.316 e. The second-order valence-corrected chi connectivity index (χ2v) is 8.35. The fraction of sp³-hybridized carbons (Fsp3) is 0.115. The second kappa shape index (κ2) is 9.26. The van der Waals surface area contributed by atoms with Crippen molar-refractivity contribution in [3.63, 3.8) is 0 Å². The maximum atomic E-state index is 5.46. The van der Waals surface area contributed by atoms with Crippen molar-refractivity contribution in [2.75, 3.05) is 10.6 Å². The first-order chi connectivity index (χ1) is 16.1. The van der Waals surface area contributed by atoms with Crippen LogP contribution in [0.5, 0.6) is 0 Å². The number of aromatic nitrogens is 4. The van der Waals surface area contributed by atoms with E-state index in [-0.39, 0.29) is 0 Å². The zero-order valence-electron chi connectivity index (χ0n) is 18.3. The lowest BCUT2D eigenvalue weighted by Gasteiger charge is -2.08. The Morgan fingerprint density at radius 2 is 1.30 bits per heavy atom. The van der Waals surface area contributed by atoms with Crippen LogP contribution < -0.4 is 10.6 Å². The molecule has 5 aromatic rings. The summed E-state index contributed by atoms with van der Waals surface area (Å²) >= 11 is 5.46. The molecular weight excluding hydrogens is 428 g/mol. The summed E-state index contributed by atoms with van der Waals surface area (Å²) in [7, 11) is 0. The van der Waals surface area contributed by atoms with E-state index in [1.165, 1.54) is 27.5 Å². The summed E-state index contributed by atoms with van der Waals surface area (Å²) in [6, 6.07) is 26.9. The minimum atomic E-state index is 0.451. The Morgan fingerprint density at radius 1 is 0.727 bits per heavy atom. The van der Waals surface area contributed by atoms with Gasteiger partial charge in [-0.15, -0.1) is 0 Å². The molecule has 0 spiro atoms. The SMILES string of the molecule is Cc1ccccc1Cn1ccc(NC(=S)Nc2ccn(Cc3cccc4ccccc34)n2)n1. The van der Waals surface area contributed by atoms with Crippen LogP contribution in [0.3, 0.4) is 0 Å². The van der Waals surface area contributed by atoms with Crippen molar-refractivity contribution >= 4 is 39.7 Å². The van der Waals surface area contributed by atoms with Gasteiger partial charge in [-0.25, -0.2) is 0 Å². The van der Waals surface area contributed by atoms with E-state index in [9.17, 15) is 0 Å². The van der Waals surface area contributed by atoms with Gasteiger partial charge in [0.1, 0.15) is 0 Å². The summed E-state index contributed by atoms with van der Waals surface area (Å²) in [5, 5.41) is 18.4. The molecule has 0 aliphatic heterocycles. The molecule has 0 amide bonds. The Balaban J connectivity index is 1.20. The fourth-order valence-corrected chi connectivity index (χ4v) is 4.07. The Hall–Kier alpha value is -3.97. The molecule has 2 N–H and O–H groups in total. The highest BCUT2D eigenvalue weighted by Gasteiger charge is 2.07. The third-order valence-corrected chi connectivity index (χ3v) is 5.77. The van der Waals surface area contributed by atoms with Crippen LogP contribution in [0.25, 0.3) is 10.8 Å². The van der Waals surface area contributed by atoms with Crippen LogP contribution in [0.4, 0.5) is 11.6 Å². The number of hydrogen-bond donors (Lipinski definition) is 2. The molecule has 0 saturated carbocycles. The van der Waals surface area contributed by atoms with Crippen molar-refractivity contribution in [3.8, 4) is 0 Å². The molecule has 33 heavy (non-hydrogen) atoms. The largest absolute Gasteiger partial charge is 0.316 e. The Labute approximate surface area is 197 Å². The lowest BCUT2D eigenvalue weighted by Crippen LogP contribution is -2.20. The number of anilines is 2. The van der Waals surface area contributed by atoms with Crippen LogP contribution in [0.15, 0.2) is 91.3 Å². The number of nitrogens with one attached hydrogen (secondary N) is 2. The topological polar surface area (TPSA) is 59.7 Å². The number of hydrogen-bond acceptors (Lipinski definition) is 3. The molecule has 7 heteroatoms. The molecular formula is C26H24N6S. The highest BCUT2D eigenvalue weighted by Crippen LogP contribution is 2.19. The molecule has 5 rings (SSSR count). The molecule has 2 aromatic heterocycles. The first kappa shape index (κ1) is 20.9. The van der Waals surface area contributed by atoms with E-state index in [2.05, 4.69) is 82.4 Å². The van der Waals surface area contributed by atoms with Crippen LogP contribution in [0, 0.1) is 6.92 Å². The molecule has 6 nitrogen and oxygen atoms in total. The molecule has 0 atom stereocenters. The van der Waals surface area contributed by atoms with Gasteiger partial charge in [-0.1, -0.05) is 66.7 Å². The summed E-state index contributed by atoms with van der Waals surface area (Å²) in [5.41, 5.74) is 3.71. The summed E-state index contributed by atoms with van der Waals surface area (Å²) in [6.07, 6.45) is 3.89. The van der Waals surface area contributed by atoms with Crippen molar-refractivity contribution < 1.29 is 0 Å².